The van der Waals surface area contributed by atoms with Crippen molar-refractivity contribution < 1.29 is 0 Å². The zero-order valence-corrected chi connectivity index (χ0v) is 12.8. The summed E-state index contributed by atoms with van der Waals surface area (Å²) >= 11 is 6.15. The molecule has 0 heterocycles. The molecule has 0 aromatic heterocycles. The molecule has 20 heavy (non-hydrogen) atoms. The fourth-order valence-electron chi connectivity index (χ4n) is 2.21. The minimum absolute atomic E-state index is 0.759. The first-order chi connectivity index (χ1) is 9.79. The molecule has 0 saturated carbocycles. The Morgan fingerprint density at radius 1 is 0.950 bits per heavy atom. The van der Waals surface area contributed by atoms with Crippen molar-refractivity contribution in [1.82, 2.24) is 0 Å². The summed E-state index contributed by atoms with van der Waals surface area (Å²) in [5.41, 5.74) is 3.69. The Balaban J connectivity index is 1.86. The molecule has 2 aromatic carbocycles. The molecule has 0 atom stereocenters. The lowest BCUT2D eigenvalue weighted by molar-refractivity contribution is 0.717. The smallest absolute Gasteiger partial charge is 0.0455 e. The molecule has 2 aromatic rings. The maximum absolute atomic E-state index is 6.15. The zero-order chi connectivity index (χ0) is 14.2. The van der Waals surface area contributed by atoms with Gasteiger partial charge in [0.15, 0.2) is 0 Å². The third kappa shape index (κ3) is 4.57. The molecule has 0 fully saturated rings. The van der Waals surface area contributed by atoms with E-state index in [1.807, 2.05) is 18.2 Å². The van der Waals surface area contributed by atoms with Gasteiger partial charge < -0.3 is 5.32 Å². The van der Waals surface area contributed by atoms with Crippen molar-refractivity contribution in [2.45, 2.75) is 39.2 Å². The number of benzene rings is 2. The molecule has 0 saturated heterocycles. The van der Waals surface area contributed by atoms with E-state index in [4.69, 9.17) is 11.6 Å². The van der Waals surface area contributed by atoms with Gasteiger partial charge in [0, 0.05) is 17.3 Å². The minimum atomic E-state index is 0.759. The van der Waals surface area contributed by atoms with Crippen LogP contribution in [0.25, 0.3) is 0 Å². The van der Waals surface area contributed by atoms with Crippen LogP contribution in [-0.4, -0.2) is 0 Å². The second-order valence-corrected chi connectivity index (χ2v) is 5.51. The maximum atomic E-state index is 6.15. The van der Waals surface area contributed by atoms with Crippen molar-refractivity contribution >= 4 is 17.3 Å². The monoisotopic (exact) mass is 287 g/mol. The predicted molar refractivity (Wildman–Crippen MR) is 88.4 cm³/mol. The van der Waals surface area contributed by atoms with Gasteiger partial charge in [-0.25, -0.2) is 0 Å². The quantitative estimate of drug-likeness (QED) is 0.646. The van der Waals surface area contributed by atoms with Crippen molar-refractivity contribution in [3.8, 4) is 0 Å². The first-order valence-corrected chi connectivity index (χ1v) is 7.73. The Morgan fingerprint density at radius 3 is 2.40 bits per heavy atom. The average Bonchev–Trinajstić information content (AvgIpc) is 2.48. The van der Waals surface area contributed by atoms with E-state index in [1.165, 1.54) is 31.2 Å². The van der Waals surface area contributed by atoms with E-state index in [9.17, 15) is 0 Å². The van der Waals surface area contributed by atoms with Gasteiger partial charge in [-0.3, -0.25) is 0 Å². The molecule has 1 nitrogen and oxygen atoms in total. The van der Waals surface area contributed by atoms with E-state index in [1.54, 1.807) is 0 Å². The van der Waals surface area contributed by atoms with Crippen LogP contribution in [0.15, 0.2) is 48.5 Å². The van der Waals surface area contributed by atoms with E-state index >= 15 is 0 Å². The van der Waals surface area contributed by atoms with Crippen LogP contribution in [0.5, 0.6) is 0 Å². The molecule has 1 N–H and O–H groups in total. The first-order valence-electron chi connectivity index (χ1n) is 7.36. The van der Waals surface area contributed by atoms with Crippen LogP contribution in [-0.2, 0) is 13.0 Å². The Hall–Kier alpha value is -1.47. The topological polar surface area (TPSA) is 12.0 Å². The lowest BCUT2D eigenvalue weighted by Crippen LogP contribution is -2.00. The van der Waals surface area contributed by atoms with Crippen LogP contribution in [0.1, 0.15) is 37.3 Å². The number of unbranched alkanes of at least 4 members (excludes halogenated alkanes) is 2. The second-order valence-electron chi connectivity index (χ2n) is 5.10. The van der Waals surface area contributed by atoms with Gasteiger partial charge in [-0.05, 0) is 42.2 Å². The zero-order valence-electron chi connectivity index (χ0n) is 12.0. The number of hydrogen-bond donors (Lipinski definition) is 1. The first kappa shape index (κ1) is 14.9. The number of halogens is 1. The van der Waals surface area contributed by atoms with Crippen LogP contribution in [0.2, 0.25) is 5.02 Å². The van der Waals surface area contributed by atoms with Crippen LogP contribution in [0.3, 0.4) is 0 Å². The molecular formula is C18H22ClN. The molecule has 0 radical (unpaired) electrons. The van der Waals surface area contributed by atoms with Crippen molar-refractivity contribution in [2.24, 2.45) is 0 Å². The van der Waals surface area contributed by atoms with Gasteiger partial charge in [0.1, 0.15) is 0 Å². The summed E-state index contributed by atoms with van der Waals surface area (Å²) in [5.74, 6) is 0. The van der Waals surface area contributed by atoms with Gasteiger partial charge in [-0.15, -0.1) is 0 Å². The molecule has 0 aliphatic rings. The van der Waals surface area contributed by atoms with E-state index in [2.05, 4.69) is 42.6 Å². The number of aryl methyl sites for hydroxylation is 1. The number of anilines is 1. The number of nitrogens with one attached hydrogen (secondary N) is 1. The van der Waals surface area contributed by atoms with E-state index in [-0.39, 0.29) is 0 Å². The second kappa shape index (κ2) is 7.96. The highest BCUT2D eigenvalue weighted by atomic mass is 35.5. The highest BCUT2D eigenvalue weighted by Crippen LogP contribution is 2.18. The predicted octanol–water partition coefficient (Wildman–Crippen LogP) is 5.68. The lowest BCUT2D eigenvalue weighted by atomic mass is 10.1. The minimum Gasteiger partial charge on any atom is -0.381 e. The van der Waals surface area contributed by atoms with E-state index in [0.29, 0.717) is 0 Å². The fourth-order valence-corrected chi connectivity index (χ4v) is 2.41. The van der Waals surface area contributed by atoms with Crippen molar-refractivity contribution in [1.29, 1.82) is 0 Å². The molecule has 0 spiro atoms. The van der Waals surface area contributed by atoms with Crippen LogP contribution < -0.4 is 5.32 Å². The molecule has 0 aliphatic heterocycles. The Bertz CT molecular complexity index is 519. The van der Waals surface area contributed by atoms with E-state index in [0.717, 1.165) is 22.8 Å². The molecular weight excluding hydrogens is 266 g/mol. The summed E-state index contributed by atoms with van der Waals surface area (Å²) in [7, 11) is 0. The number of hydrogen-bond acceptors (Lipinski definition) is 1. The van der Waals surface area contributed by atoms with Crippen molar-refractivity contribution in [3.05, 3.63) is 64.7 Å². The average molecular weight is 288 g/mol. The van der Waals surface area contributed by atoms with Crippen molar-refractivity contribution in [2.75, 3.05) is 5.32 Å². The van der Waals surface area contributed by atoms with Crippen molar-refractivity contribution in [3.63, 3.8) is 0 Å². The molecule has 0 amide bonds. The molecule has 2 rings (SSSR count). The van der Waals surface area contributed by atoms with Crippen LogP contribution in [0.4, 0.5) is 5.69 Å². The SMILES string of the molecule is CCCCCc1ccc(NCc2ccccc2Cl)cc1. The summed E-state index contributed by atoms with van der Waals surface area (Å²) < 4.78 is 0. The molecule has 0 aliphatic carbocycles. The third-order valence-corrected chi connectivity index (χ3v) is 3.83. The lowest BCUT2D eigenvalue weighted by Gasteiger charge is -2.09. The standard InChI is InChI=1S/C18H22ClN/c1-2-3-4-7-15-10-12-17(13-11-15)20-14-16-8-5-6-9-18(16)19/h5-6,8-13,20H,2-4,7,14H2,1H3. The summed E-state index contributed by atoms with van der Waals surface area (Å²) in [6.07, 6.45) is 5.05. The summed E-state index contributed by atoms with van der Waals surface area (Å²) in [6.45, 7) is 3.00. The van der Waals surface area contributed by atoms with E-state index < -0.39 is 0 Å². The molecule has 2 heteroatoms. The largest absolute Gasteiger partial charge is 0.381 e. The highest BCUT2D eigenvalue weighted by Gasteiger charge is 1.99. The van der Waals surface area contributed by atoms with Crippen LogP contribution in [0, 0.1) is 0 Å². The van der Waals surface area contributed by atoms with Gasteiger partial charge >= 0.3 is 0 Å². The summed E-state index contributed by atoms with van der Waals surface area (Å²) in [6, 6.07) is 16.7. The van der Waals surface area contributed by atoms with Gasteiger partial charge in [-0.1, -0.05) is 61.7 Å². The van der Waals surface area contributed by atoms with Crippen LogP contribution >= 0.6 is 11.6 Å². The third-order valence-electron chi connectivity index (χ3n) is 3.46. The number of rotatable bonds is 7. The van der Waals surface area contributed by atoms with Gasteiger partial charge in [0.05, 0.1) is 0 Å². The maximum Gasteiger partial charge on any atom is 0.0455 e. The normalized spacial score (nSPS) is 10.5. The molecule has 0 bridgehead atoms. The summed E-state index contributed by atoms with van der Waals surface area (Å²) in [4.78, 5) is 0. The van der Waals surface area contributed by atoms with Gasteiger partial charge in [-0.2, -0.15) is 0 Å². The highest BCUT2D eigenvalue weighted by molar-refractivity contribution is 6.31. The van der Waals surface area contributed by atoms with Gasteiger partial charge in [0.2, 0.25) is 0 Å². The Morgan fingerprint density at radius 2 is 1.70 bits per heavy atom. The Labute approximate surface area is 127 Å². The summed E-state index contributed by atoms with van der Waals surface area (Å²) in [5, 5.41) is 4.23. The fraction of sp³-hybridized carbons (Fsp3) is 0.333. The van der Waals surface area contributed by atoms with Gasteiger partial charge in [0.25, 0.3) is 0 Å². The molecule has 106 valence electrons. The molecule has 0 unspecified atom stereocenters. The Kier molecular flexibility index (Phi) is 5.94.